The van der Waals surface area contributed by atoms with Gasteiger partial charge >= 0.3 is 0 Å². The first-order valence-corrected chi connectivity index (χ1v) is 6.64. The van der Waals surface area contributed by atoms with Crippen molar-refractivity contribution < 1.29 is 14.2 Å². The first-order valence-electron chi connectivity index (χ1n) is 4.59. The molecule has 0 aromatic carbocycles. The first-order chi connectivity index (χ1) is 6.24. The van der Waals surface area contributed by atoms with Crippen LogP contribution in [0.25, 0.3) is 0 Å². The van der Waals surface area contributed by atoms with Gasteiger partial charge in [-0.1, -0.05) is 0 Å². The summed E-state index contributed by atoms with van der Waals surface area (Å²) in [7, 11) is 4.22. The molecule has 0 saturated heterocycles. The van der Waals surface area contributed by atoms with Gasteiger partial charge in [-0.3, -0.25) is 0 Å². The van der Waals surface area contributed by atoms with E-state index in [-0.39, 0.29) is 0 Å². The molecule has 0 aliphatic carbocycles. The second-order valence-electron chi connectivity index (χ2n) is 2.70. The van der Waals surface area contributed by atoms with Crippen molar-refractivity contribution in [3.63, 3.8) is 0 Å². The third kappa shape index (κ3) is 5.02. The van der Waals surface area contributed by atoms with Gasteiger partial charge in [-0.05, 0) is 18.6 Å². The number of hydrogen-bond donors (Lipinski definition) is 1. The minimum atomic E-state index is -0.815. The van der Waals surface area contributed by atoms with Crippen LogP contribution in [-0.4, -0.2) is 42.4 Å². The lowest BCUT2D eigenvalue weighted by molar-refractivity contribution is -0.359. The fraction of sp³-hybridized carbons (Fsp3) is 1.00. The summed E-state index contributed by atoms with van der Waals surface area (Å²) in [5, 5.41) is 0. The minimum Gasteiger partial charge on any atom is -0.332 e. The second kappa shape index (κ2) is 7.81. The van der Waals surface area contributed by atoms with Crippen LogP contribution in [0.1, 0.15) is 19.3 Å². The zero-order valence-corrected chi connectivity index (χ0v) is 11.6. The molecule has 80 valence electrons. The topological polar surface area (TPSA) is 27.7 Å². The van der Waals surface area contributed by atoms with Crippen molar-refractivity contribution in [1.82, 2.24) is 0 Å². The third-order valence-corrected chi connectivity index (χ3v) is 2.48. The summed E-state index contributed by atoms with van der Waals surface area (Å²) in [4.78, 5) is 0. The summed E-state index contributed by atoms with van der Waals surface area (Å²) < 4.78 is 15.9. The van der Waals surface area contributed by atoms with Gasteiger partial charge < -0.3 is 14.2 Å². The van der Waals surface area contributed by atoms with Gasteiger partial charge in [0.25, 0.3) is 5.97 Å². The van der Waals surface area contributed by atoms with E-state index < -0.39 is 5.97 Å². The van der Waals surface area contributed by atoms with Crippen molar-refractivity contribution in [2.75, 3.05) is 26.2 Å². The molecule has 0 aromatic rings. The molecule has 0 spiro atoms. The van der Waals surface area contributed by atoms with E-state index in [2.05, 4.69) is 12.6 Å². The molecule has 0 aliphatic rings. The molecule has 0 unspecified atom stereocenters. The van der Waals surface area contributed by atoms with Gasteiger partial charge in [0.05, 0.1) is 0 Å². The van der Waals surface area contributed by atoms with Crippen LogP contribution in [0.4, 0.5) is 0 Å². The Morgan fingerprint density at radius 2 is 1.85 bits per heavy atom. The van der Waals surface area contributed by atoms with Crippen LogP contribution < -0.4 is 0 Å². The largest absolute Gasteiger partial charge is 0.332 e. The van der Waals surface area contributed by atoms with Crippen molar-refractivity contribution in [3.05, 3.63) is 0 Å². The Morgan fingerprint density at radius 1 is 1.23 bits per heavy atom. The van der Waals surface area contributed by atoms with E-state index >= 15 is 0 Å². The Hall–Kier alpha value is 0.447. The maximum atomic E-state index is 5.47. The van der Waals surface area contributed by atoms with Gasteiger partial charge in [0.1, 0.15) is 0 Å². The van der Waals surface area contributed by atoms with Crippen molar-refractivity contribution in [2.45, 2.75) is 25.2 Å². The molecule has 0 N–H and O–H groups in total. The Bertz CT molecular complexity index is 120. The third-order valence-electron chi connectivity index (χ3n) is 1.88. The fourth-order valence-corrected chi connectivity index (χ4v) is 1.81. The highest BCUT2D eigenvalue weighted by Gasteiger charge is 2.29. The molecule has 3 nitrogen and oxygen atoms in total. The monoisotopic (exact) mass is 224 g/mol. The average Bonchev–Trinajstić information content (AvgIpc) is 2.17. The van der Waals surface area contributed by atoms with Gasteiger partial charge in [-0.25, -0.2) is 0 Å². The Morgan fingerprint density at radius 3 is 2.23 bits per heavy atom. The summed E-state index contributed by atoms with van der Waals surface area (Å²) >= 11 is 4.15. The van der Waals surface area contributed by atoms with Gasteiger partial charge in [0, 0.05) is 37.1 Å². The van der Waals surface area contributed by atoms with Crippen LogP contribution in [-0.2, 0) is 14.2 Å². The molecule has 0 aromatic heterocycles. The summed E-state index contributed by atoms with van der Waals surface area (Å²) in [6.07, 6.45) is 3.56. The van der Waals surface area contributed by atoms with E-state index in [1.54, 1.807) is 14.2 Å². The van der Waals surface area contributed by atoms with Crippen molar-refractivity contribution >= 4 is 22.9 Å². The molecule has 0 radical (unpaired) electrons. The van der Waals surface area contributed by atoms with E-state index in [4.69, 9.17) is 14.2 Å². The lowest BCUT2D eigenvalue weighted by Crippen LogP contribution is -2.37. The number of hydrogen-bond acceptors (Lipinski definition) is 4. The molecule has 0 aliphatic heterocycles. The van der Waals surface area contributed by atoms with Crippen LogP contribution in [0.5, 0.6) is 0 Å². The van der Waals surface area contributed by atoms with E-state index in [0.717, 1.165) is 41.5 Å². The van der Waals surface area contributed by atoms with Gasteiger partial charge in [0.2, 0.25) is 0 Å². The fourth-order valence-electron chi connectivity index (χ4n) is 1.15. The number of unbranched alkanes of at least 4 members (excludes halogenated alkanes) is 1. The molecular formula is C8H20O3SSi. The molecule has 5 heteroatoms. The molecule has 0 fully saturated rings. The van der Waals surface area contributed by atoms with Crippen molar-refractivity contribution in [2.24, 2.45) is 0 Å². The second-order valence-corrected chi connectivity index (χ2v) is 3.73. The summed E-state index contributed by atoms with van der Waals surface area (Å²) in [5.41, 5.74) is 0. The normalized spacial score (nSPS) is 12.2. The molecule has 0 saturated carbocycles. The summed E-state index contributed by atoms with van der Waals surface area (Å²) in [6.45, 7) is 0. The number of thiol groups is 1. The maximum Gasteiger partial charge on any atom is 0.282 e. The quantitative estimate of drug-likeness (QED) is 0.279. The molecule has 0 atom stereocenters. The standard InChI is InChI=1S/C8H20O3SSi/c1-9-8(10-2,11-7-13)5-3-4-6-12/h12H,3-7H2,1-2,13H3. The Balaban J connectivity index is 3.89. The number of rotatable bonds is 8. The predicted molar refractivity (Wildman–Crippen MR) is 60.3 cm³/mol. The van der Waals surface area contributed by atoms with Crippen LogP contribution in [0.2, 0.25) is 0 Å². The molecule has 0 rings (SSSR count). The lowest BCUT2D eigenvalue weighted by atomic mass is 10.2. The zero-order chi connectivity index (χ0) is 10.2. The summed E-state index contributed by atoms with van der Waals surface area (Å²) in [6, 6.07) is 0. The molecule has 0 amide bonds. The minimum absolute atomic E-state index is 0.725. The highest BCUT2D eigenvalue weighted by Crippen LogP contribution is 2.20. The van der Waals surface area contributed by atoms with Gasteiger partial charge in [-0.2, -0.15) is 12.6 Å². The Labute approximate surface area is 89.0 Å². The average molecular weight is 224 g/mol. The lowest BCUT2D eigenvalue weighted by Gasteiger charge is -2.29. The van der Waals surface area contributed by atoms with Crippen LogP contribution in [0.15, 0.2) is 0 Å². The van der Waals surface area contributed by atoms with E-state index in [1.807, 2.05) is 0 Å². The summed E-state index contributed by atoms with van der Waals surface area (Å²) in [5.74, 6) is 0.0785. The predicted octanol–water partition coefficient (Wildman–Crippen LogP) is 0.373. The smallest absolute Gasteiger partial charge is 0.282 e. The van der Waals surface area contributed by atoms with E-state index in [0.29, 0.717) is 0 Å². The molecule has 0 bridgehead atoms. The van der Waals surface area contributed by atoms with Crippen LogP contribution >= 0.6 is 12.6 Å². The molecule has 13 heavy (non-hydrogen) atoms. The van der Waals surface area contributed by atoms with Crippen LogP contribution in [0, 0.1) is 0 Å². The SMILES string of the molecule is COC(CCCCS)(OC)OC[SiH3]. The van der Waals surface area contributed by atoms with Crippen molar-refractivity contribution in [1.29, 1.82) is 0 Å². The highest BCUT2D eigenvalue weighted by atomic mass is 32.1. The number of methoxy groups -OCH3 is 2. The van der Waals surface area contributed by atoms with E-state index in [9.17, 15) is 0 Å². The molecular weight excluding hydrogens is 204 g/mol. The zero-order valence-electron chi connectivity index (χ0n) is 8.71. The maximum absolute atomic E-state index is 5.47. The Kier molecular flexibility index (Phi) is 8.08. The van der Waals surface area contributed by atoms with E-state index in [1.165, 1.54) is 0 Å². The van der Waals surface area contributed by atoms with Crippen molar-refractivity contribution in [3.8, 4) is 0 Å². The van der Waals surface area contributed by atoms with Gasteiger partial charge in [0.15, 0.2) is 0 Å². The molecule has 0 heterocycles. The van der Waals surface area contributed by atoms with Gasteiger partial charge in [-0.15, -0.1) is 0 Å². The highest BCUT2D eigenvalue weighted by molar-refractivity contribution is 7.80. The van der Waals surface area contributed by atoms with Crippen LogP contribution in [0.3, 0.4) is 0 Å². The first kappa shape index (κ1) is 13.4. The number of ether oxygens (including phenoxy) is 3.